The quantitative estimate of drug-likeness (QED) is 0.486. The molecule has 5 rings (SSSR count). The topological polar surface area (TPSA) is 86.7 Å². The van der Waals surface area contributed by atoms with Gasteiger partial charge in [0, 0.05) is 61.0 Å². The number of carbonyl (C=O) groups excluding carboxylic acids is 1. The third-order valence-electron chi connectivity index (χ3n) is 6.55. The number of carbonyl (C=O) groups is 1. The van der Waals surface area contributed by atoms with E-state index in [0.29, 0.717) is 31.3 Å². The number of hydrogen-bond donors (Lipinski definition) is 1. The van der Waals surface area contributed by atoms with E-state index in [1.165, 1.54) is 0 Å². The van der Waals surface area contributed by atoms with Crippen molar-refractivity contribution in [2.24, 2.45) is 0 Å². The van der Waals surface area contributed by atoms with Gasteiger partial charge in [0.25, 0.3) is 5.91 Å². The van der Waals surface area contributed by atoms with Crippen LogP contribution in [0.3, 0.4) is 0 Å². The highest BCUT2D eigenvalue weighted by atomic mass is 16.5. The monoisotopic (exact) mass is 487 g/mol. The molecule has 0 saturated carbocycles. The molecule has 1 amide bonds. The van der Waals surface area contributed by atoms with Gasteiger partial charge in [-0.15, -0.1) is 0 Å². The maximum atomic E-state index is 12.9. The van der Waals surface area contributed by atoms with Crippen LogP contribution >= 0.6 is 0 Å². The first-order valence-electron chi connectivity index (χ1n) is 12.5. The van der Waals surface area contributed by atoms with Gasteiger partial charge in [0.05, 0.1) is 18.9 Å². The minimum absolute atomic E-state index is 0.0619. The average molecular weight is 488 g/mol. The molecule has 9 nitrogen and oxygen atoms in total. The number of nitrogens with one attached hydrogen (secondary N) is 1. The van der Waals surface area contributed by atoms with Gasteiger partial charge >= 0.3 is 0 Å². The number of pyridine rings is 1. The van der Waals surface area contributed by atoms with E-state index in [4.69, 9.17) is 14.7 Å². The fourth-order valence-corrected chi connectivity index (χ4v) is 4.67. The molecule has 0 spiro atoms. The SMILES string of the molecule is CN(C)CCCNC(=O)c1cccc(-c2nc(N3CCOCC3)nc3c2CCN3c2ccncc2)c1. The van der Waals surface area contributed by atoms with Gasteiger partial charge in [-0.05, 0) is 57.7 Å². The van der Waals surface area contributed by atoms with Crippen molar-refractivity contribution in [2.45, 2.75) is 12.8 Å². The van der Waals surface area contributed by atoms with Crippen molar-refractivity contribution in [3.63, 3.8) is 0 Å². The number of anilines is 3. The average Bonchev–Trinajstić information content (AvgIpc) is 3.35. The number of fused-ring (bicyclic) bond motifs is 1. The van der Waals surface area contributed by atoms with Gasteiger partial charge in [-0.25, -0.2) is 4.98 Å². The summed E-state index contributed by atoms with van der Waals surface area (Å²) in [5.74, 6) is 1.56. The van der Waals surface area contributed by atoms with Gasteiger partial charge in [-0.2, -0.15) is 4.98 Å². The lowest BCUT2D eigenvalue weighted by atomic mass is 10.0. The molecule has 0 bridgehead atoms. The second kappa shape index (κ2) is 11.0. The summed E-state index contributed by atoms with van der Waals surface area (Å²) in [4.78, 5) is 33.6. The fraction of sp³-hybridized carbons (Fsp3) is 0.407. The van der Waals surface area contributed by atoms with E-state index in [1.807, 2.05) is 50.5 Å². The first-order valence-corrected chi connectivity index (χ1v) is 12.5. The van der Waals surface area contributed by atoms with Crippen LogP contribution in [0.15, 0.2) is 48.8 Å². The van der Waals surface area contributed by atoms with Crippen LogP contribution in [0.5, 0.6) is 0 Å². The Morgan fingerprint density at radius 2 is 1.89 bits per heavy atom. The molecule has 188 valence electrons. The predicted molar refractivity (Wildman–Crippen MR) is 141 cm³/mol. The van der Waals surface area contributed by atoms with Gasteiger partial charge in [0.15, 0.2) is 0 Å². The van der Waals surface area contributed by atoms with Gasteiger partial charge in [-0.3, -0.25) is 9.78 Å². The number of morpholine rings is 1. The highest BCUT2D eigenvalue weighted by Gasteiger charge is 2.29. The summed E-state index contributed by atoms with van der Waals surface area (Å²) in [5, 5.41) is 3.04. The molecule has 0 radical (unpaired) electrons. The Kier molecular flexibility index (Phi) is 7.39. The number of rotatable bonds is 8. The molecule has 1 aromatic carbocycles. The molecular formula is C27H33N7O2. The second-order valence-electron chi connectivity index (χ2n) is 9.37. The van der Waals surface area contributed by atoms with Crippen LogP contribution in [0, 0.1) is 0 Å². The lowest BCUT2D eigenvalue weighted by molar-refractivity contribution is 0.0952. The Bertz CT molecular complexity index is 1200. The lowest BCUT2D eigenvalue weighted by Gasteiger charge is -2.28. The molecule has 9 heteroatoms. The fourth-order valence-electron chi connectivity index (χ4n) is 4.67. The Morgan fingerprint density at radius 3 is 2.67 bits per heavy atom. The molecule has 3 aromatic rings. The van der Waals surface area contributed by atoms with E-state index < -0.39 is 0 Å². The van der Waals surface area contributed by atoms with E-state index >= 15 is 0 Å². The molecule has 0 aliphatic carbocycles. The third kappa shape index (κ3) is 5.32. The van der Waals surface area contributed by atoms with E-state index in [0.717, 1.165) is 67.3 Å². The highest BCUT2D eigenvalue weighted by Crippen LogP contribution is 2.39. The van der Waals surface area contributed by atoms with Crippen LogP contribution in [0.4, 0.5) is 17.5 Å². The maximum absolute atomic E-state index is 12.9. The van der Waals surface area contributed by atoms with Crippen molar-refractivity contribution in [1.82, 2.24) is 25.2 Å². The normalized spacial score (nSPS) is 15.3. The van der Waals surface area contributed by atoms with E-state index in [2.05, 4.69) is 25.0 Å². The van der Waals surface area contributed by atoms with Crippen LogP contribution < -0.4 is 15.1 Å². The molecule has 1 fully saturated rings. The van der Waals surface area contributed by atoms with Crippen LogP contribution in [-0.2, 0) is 11.2 Å². The number of nitrogens with zero attached hydrogens (tertiary/aromatic N) is 6. The summed E-state index contributed by atoms with van der Waals surface area (Å²) < 4.78 is 5.55. The first kappa shape index (κ1) is 24.1. The molecule has 2 aromatic heterocycles. The molecular weight excluding hydrogens is 454 g/mol. The molecule has 4 heterocycles. The summed E-state index contributed by atoms with van der Waals surface area (Å²) in [7, 11) is 4.07. The van der Waals surface area contributed by atoms with E-state index in [9.17, 15) is 4.79 Å². The molecule has 0 atom stereocenters. The lowest BCUT2D eigenvalue weighted by Crippen LogP contribution is -2.37. The van der Waals surface area contributed by atoms with Crippen molar-refractivity contribution < 1.29 is 9.53 Å². The van der Waals surface area contributed by atoms with Crippen molar-refractivity contribution in [3.05, 3.63) is 59.9 Å². The van der Waals surface area contributed by atoms with Gasteiger partial charge < -0.3 is 24.8 Å². The summed E-state index contributed by atoms with van der Waals surface area (Å²) >= 11 is 0. The maximum Gasteiger partial charge on any atom is 0.251 e. The zero-order chi connectivity index (χ0) is 24.9. The molecule has 36 heavy (non-hydrogen) atoms. The van der Waals surface area contributed by atoms with Crippen molar-refractivity contribution >= 4 is 23.4 Å². The van der Waals surface area contributed by atoms with Crippen LogP contribution in [0.25, 0.3) is 11.3 Å². The minimum Gasteiger partial charge on any atom is -0.378 e. The number of benzene rings is 1. The van der Waals surface area contributed by atoms with Crippen LogP contribution in [0.1, 0.15) is 22.3 Å². The Hall–Kier alpha value is -3.56. The van der Waals surface area contributed by atoms with Crippen molar-refractivity contribution in [3.8, 4) is 11.3 Å². The summed E-state index contributed by atoms with van der Waals surface area (Å²) in [6.07, 6.45) is 5.35. The van der Waals surface area contributed by atoms with E-state index in [-0.39, 0.29) is 5.91 Å². The first-order chi connectivity index (χ1) is 17.6. The number of aromatic nitrogens is 3. The van der Waals surface area contributed by atoms with Gasteiger partial charge in [0.1, 0.15) is 5.82 Å². The standard InChI is InChI=1S/C27H33N7O2/c1-32(2)13-4-10-29-26(35)21-6-3-5-20(19-21)24-23-9-14-34(22-7-11-28-12-8-22)25(23)31-27(30-24)33-15-17-36-18-16-33/h3,5-8,11-12,19H,4,9-10,13-18H2,1-2H3,(H,29,35). The number of amides is 1. The molecule has 0 unspecified atom stereocenters. The van der Waals surface area contributed by atoms with Crippen LogP contribution in [-0.4, -0.2) is 85.8 Å². The third-order valence-corrected chi connectivity index (χ3v) is 6.55. The zero-order valence-electron chi connectivity index (χ0n) is 21.0. The largest absolute Gasteiger partial charge is 0.378 e. The van der Waals surface area contributed by atoms with Crippen molar-refractivity contribution in [2.75, 3.05) is 69.8 Å². The minimum atomic E-state index is -0.0619. The van der Waals surface area contributed by atoms with Gasteiger partial charge in [-0.1, -0.05) is 12.1 Å². The molecule has 2 aliphatic rings. The molecule has 1 N–H and O–H groups in total. The number of hydrogen-bond acceptors (Lipinski definition) is 8. The smallest absolute Gasteiger partial charge is 0.251 e. The second-order valence-corrected chi connectivity index (χ2v) is 9.37. The summed E-state index contributed by atoms with van der Waals surface area (Å²) in [6.45, 7) is 5.23. The Balaban J connectivity index is 1.48. The summed E-state index contributed by atoms with van der Waals surface area (Å²) in [5.41, 5.74) is 4.63. The molecule has 2 aliphatic heterocycles. The highest BCUT2D eigenvalue weighted by molar-refractivity contribution is 5.95. The number of ether oxygens (including phenoxy) is 1. The van der Waals surface area contributed by atoms with Crippen molar-refractivity contribution in [1.29, 1.82) is 0 Å². The van der Waals surface area contributed by atoms with Crippen LogP contribution in [0.2, 0.25) is 0 Å². The predicted octanol–water partition coefficient (Wildman–Crippen LogP) is 2.75. The Labute approximate surface area is 212 Å². The summed E-state index contributed by atoms with van der Waals surface area (Å²) in [6, 6.07) is 11.8. The Morgan fingerprint density at radius 1 is 1.08 bits per heavy atom. The van der Waals surface area contributed by atoms with E-state index in [1.54, 1.807) is 12.4 Å². The molecule has 1 saturated heterocycles. The zero-order valence-corrected chi connectivity index (χ0v) is 21.0. The van der Waals surface area contributed by atoms with Gasteiger partial charge in [0.2, 0.25) is 5.95 Å².